The number of esters is 2. The summed E-state index contributed by atoms with van der Waals surface area (Å²) in [5.74, 6) is 0.354. The number of carbonyl (C=O) groups excluding carboxylic acids is 2. The van der Waals surface area contributed by atoms with Crippen molar-refractivity contribution in [1.82, 2.24) is 0 Å². The summed E-state index contributed by atoms with van der Waals surface area (Å²) < 4.78 is 10.4. The summed E-state index contributed by atoms with van der Waals surface area (Å²) in [5, 5.41) is 0. The van der Waals surface area contributed by atoms with Gasteiger partial charge in [-0.15, -0.1) is 0 Å². The Balaban J connectivity index is 1.71. The first-order chi connectivity index (χ1) is 11.0. The fourth-order valence-electron chi connectivity index (χ4n) is 2.10. The van der Waals surface area contributed by atoms with E-state index in [0.29, 0.717) is 17.9 Å². The van der Waals surface area contributed by atoms with E-state index in [0.717, 1.165) is 11.1 Å². The minimum absolute atomic E-state index is 0.177. The van der Waals surface area contributed by atoms with Gasteiger partial charge in [-0.2, -0.15) is 0 Å². The molecule has 0 fully saturated rings. The van der Waals surface area contributed by atoms with Crippen LogP contribution in [0.15, 0.2) is 48.5 Å². The van der Waals surface area contributed by atoms with Gasteiger partial charge in [-0.1, -0.05) is 24.3 Å². The number of ether oxygens (including phenoxy) is 2. The van der Waals surface area contributed by atoms with Crippen molar-refractivity contribution in [2.75, 3.05) is 0 Å². The molecule has 0 heterocycles. The smallest absolute Gasteiger partial charge is 0.311 e. The number of hydrogen-bond donors (Lipinski definition) is 0. The molecule has 23 heavy (non-hydrogen) atoms. The summed E-state index contributed by atoms with van der Waals surface area (Å²) >= 11 is 0. The van der Waals surface area contributed by atoms with Gasteiger partial charge in [0.1, 0.15) is 11.5 Å². The van der Waals surface area contributed by atoms with E-state index >= 15 is 0 Å². The largest absolute Gasteiger partial charge is 0.427 e. The summed E-state index contributed by atoms with van der Waals surface area (Å²) in [7, 11) is 0. The normalized spacial score (nSPS) is 10.2. The maximum atomic E-state index is 11.7. The van der Waals surface area contributed by atoms with Crippen molar-refractivity contribution in [2.24, 2.45) is 0 Å². The second-order valence-corrected chi connectivity index (χ2v) is 5.43. The second kappa shape index (κ2) is 8.13. The molecule has 0 atom stereocenters. The molecule has 0 amide bonds. The fourth-order valence-corrected chi connectivity index (χ4v) is 2.10. The first-order valence-electron chi connectivity index (χ1n) is 7.57. The molecule has 4 nitrogen and oxygen atoms in total. The van der Waals surface area contributed by atoms with Crippen LogP contribution in [0, 0.1) is 13.8 Å². The van der Waals surface area contributed by atoms with E-state index in [1.165, 1.54) is 0 Å². The van der Waals surface area contributed by atoms with Gasteiger partial charge in [0.25, 0.3) is 0 Å². The van der Waals surface area contributed by atoms with Crippen molar-refractivity contribution in [3.05, 3.63) is 59.7 Å². The molecule has 0 saturated heterocycles. The predicted octanol–water partition coefficient (Wildman–Crippen LogP) is 3.98. The van der Waals surface area contributed by atoms with Crippen molar-refractivity contribution >= 4 is 11.9 Å². The lowest BCUT2D eigenvalue weighted by Crippen LogP contribution is -2.11. The summed E-state index contributed by atoms with van der Waals surface area (Å²) in [4.78, 5) is 23.5. The zero-order valence-electron chi connectivity index (χ0n) is 13.4. The van der Waals surface area contributed by atoms with Crippen LogP contribution in [-0.4, -0.2) is 11.9 Å². The van der Waals surface area contributed by atoms with Crippen LogP contribution in [-0.2, 0) is 9.59 Å². The minimum Gasteiger partial charge on any atom is -0.427 e. The van der Waals surface area contributed by atoms with Gasteiger partial charge in [-0.25, -0.2) is 0 Å². The van der Waals surface area contributed by atoms with Crippen LogP contribution in [0.2, 0.25) is 0 Å². The molecular formula is C19H20O4. The van der Waals surface area contributed by atoms with Gasteiger partial charge >= 0.3 is 11.9 Å². The Hall–Kier alpha value is -2.62. The van der Waals surface area contributed by atoms with Gasteiger partial charge < -0.3 is 9.47 Å². The SMILES string of the molecule is Cc1cccc(OC(=O)CCCC(=O)Oc2cccc(C)c2)c1. The minimum atomic E-state index is -0.348. The summed E-state index contributed by atoms with van der Waals surface area (Å²) in [6, 6.07) is 14.6. The van der Waals surface area contributed by atoms with Crippen LogP contribution in [0.1, 0.15) is 30.4 Å². The number of carbonyl (C=O) groups is 2. The molecule has 0 spiro atoms. The van der Waals surface area contributed by atoms with Gasteiger partial charge in [0, 0.05) is 12.8 Å². The average Bonchev–Trinajstić information content (AvgIpc) is 2.47. The third-order valence-corrected chi connectivity index (χ3v) is 3.20. The molecule has 0 aliphatic carbocycles. The van der Waals surface area contributed by atoms with Crippen molar-refractivity contribution in [2.45, 2.75) is 33.1 Å². The van der Waals surface area contributed by atoms with Crippen molar-refractivity contribution in [1.29, 1.82) is 0 Å². The Morgan fingerprint density at radius 2 is 1.22 bits per heavy atom. The molecule has 0 aliphatic heterocycles. The lowest BCUT2D eigenvalue weighted by Gasteiger charge is -2.06. The third kappa shape index (κ3) is 5.94. The Kier molecular flexibility index (Phi) is 5.92. The van der Waals surface area contributed by atoms with Gasteiger partial charge in [-0.05, 0) is 55.7 Å². The lowest BCUT2D eigenvalue weighted by atomic mass is 10.2. The molecule has 0 N–H and O–H groups in total. The molecule has 0 radical (unpaired) electrons. The van der Waals surface area contributed by atoms with Crippen LogP contribution >= 0.6 is 0 Å². The van der Waals surface area contributed by atoms with Crippen LogP contribution in [0.3, 0.4) is 0 Å². The molecule has 2 rings (SSSR count). The van der Waals surface area contributed by atoms with Crippen molar-refractivity contribution < 1.29 is 19.1 Å². The molecule has 0 saturated carbocycles. The van der Waals surface area contributed by atoms with E-state index in [1.54, 1.807) is 24.3 Å². The van der Waals surface area contributed by atoms with Crippen LogP contribution in [0.4, 0.5) is 0 Å². The summed E-state index contributed by atoms with van der Waals surface area (Å²) in [6.45, 7) is 3.86. The van der Waals surface area contributed by atoms with Crippen molar-refractivity contribution in [3.8, 4) is 11.5 Å². The van der Waals surface area contributed by atoms with Gasteiger partial charge in [0.05, 0.1) is 0 Å². The molecule has 2 aromatic rings. The molecule has 0 aliphatic rings. The van der Waals surface area contributed by atoms with E-state index in [9.17, 15) is 9.59 Å². The van der Waals surface area contributed by atoms with Crippen LogP contribution in [0.5, 0.6) is 11.5 Å². The average molecular weight is 312 g/mol. The highest BCUT2D eigenvalue weighted by atomic mass is 16.5. The molecule has 2 aromatic carbocycles. The Labute approximate surface area is 136 Å². The van der Waals surface area contributed by atoms with Gasteiger partial charge in [0.15, 0.2) is 0 Å². The quantitative estimate of drug-likeness (QED) is 0.598. The second-order valence-electron chi connectivity index (χ2n) is 5.43. The fraction of sp³-hybridized carbons (Fsp3) is 0.263. The van der Waals surface area contributed by atoms with Gasteiger partial charge in [0.2, 0.25) is 0 Å². The first kappa shape index (κ1) is 16.7. The monoisotopic (exact) mass is 312 g/mol. The predicted molar refractivity (Wildman–Crippen MR) is 87.5 cm³/mol. The number of aryl methyl sites for hydroxylation is 2. The number of benzene rings is 2. The highest BCUT2D eigenvalue weighted by Crippen LogP contribution is 2.15. The topological polar surface area (TPSA) is 52.6 Å². The van der Waals surface area contributed by atoms with Crippen LogP contribution in [0.25, 0.3) is 0 Å². The maximum Gasteiger partial charge on any atom is 0.311 e. The summed E-state index contributed by atoms with van der Waals surface area (Å²) in [5.41, 5.74) is 2.05. The Bertz CT molecular complexity index is 632. The molecule has 0 aromatic heterocycles. The first-order valence-corrected chi connectivity index (χ1v) is 7.57. The van der Waals surface area contributed by atoms with E-state index < -0.39 is 0 Å². The highest BCUT2D eigenvalue weighted by Gasteiger charge is 2.09. The maximum absolute atomic E-state index is 11.7. The lowest BCUT2D eigenvalue weighted by molar-refractivity contribution is -0.136. The zero-order valence-corrected chi connectivity index (χ0v) is 13.4. The van der Waals surface area contributed by atoms with E-state index in [1.807, 2.05) is 38.1 Å². The van der Waals surface area contributed by atoms with E-state index in [4.69, 9.17) is 9.47 Å². The Morgan fingerprint density at radius 3 is 1.61 bits per heavy atom. The molecular weight excluding hydrogens is 292 g/mol. The molecule has 4 heteroatoms. The summed E-state index contributed by atoms with van der Waals surface area (Å²) in [6.07, 6.45) is 0.753. The standard InChI is InChI=1S/C19H20O4/c1-14-6-3-8-16(12-14)22-18(20)10-5-11-19(21)23-17-9-4-7-15(2)13-17/h3-4,6-9,12-13H,5,10-11H2,1-2H3. The molecule has 120 valence electrons. The number of rotatable bonds is 6. The zero-order chi connectivity index (χ0) is 16.7. The number of hydrogen-bond acceptors (Lipinski definition) is 4. The Morgan fingerprint density at radius 1 is 0.783 bits per heavy atom. The third-order valence-electron chi connectivity index (χ3n) is 3.20. The van der Waals surface area contributed by atoms with Crippen LogP contribution < -0.4 is 9.47 Å². The van der Waals surface area contributed by atoms with E-state index in [-0.39, 0.29) is 24.8 Å². The van der Waals surface area contributed by atoms with Crippen molar-refractivity contribution in [3.63, 3.8) is 0 Å². The van der Waals surface area contributed by atoms with E-state index in [2.05, 4.69) is 0 Å². The molecule has 0 unspecified atom stereocenters. The highest BCUT2D eigenvalue weighted by molar-refractivity contribution is 5.75. The molecule has 0 bridgehead atoms. The van der Waals surface area contributed by atoms with Gasteiger partial charge in [-0.3, -0.25) is 9.59 Å².